The molecule has 3 aromatic rings. The summed E-state index contributed by atoms with van der Waals surface area (Å²) in [6.07, 6.45) is 5.48. The quantitative estimate of drug-likeness (QED) is 0.462. The molecular formula is C22H29BrN6O4S. The fourth-order valence-electron chi connectivity index (χ4n) is 4.60. The average molecular weight is 553 g/mol. The van der Waals surface area contributed by atoms with Gasteiger partial charge in [-0.05, 0) is 60.3 Å². The molecular weight excluding hydrogens is 524 g/mol. The van der Waals surface area contributed by atoms with Crippen molar-refractivity contribution in [2.75, 3.05) is 5.32 Å². The van der Waals surface area contributed by atoms with Gasteiger partial charge in [-0.1, -0.05) is 25.3 Å². The number of nitrogens with one attached hydrogen (secondary N) is 1. The average Bonchev–Trinajstić information content (AvgIpc) is 3.12. The molecule has 12 heteroatoms. The van der Waals surface area contributed by atoms with Crippen molar-refractivity contribution < 1.29 is 8.42 Å². The van der Waals surface area contributed by atoms with E-state index in [0.717, 1.165) is 31.2 Å². The van der Waals surface area contributed by atoms with Gasteiger partial charge in [0.2, 0.25) is 16.0 Å². The number of hydrogen-bond donors (Lipinski definition) is 2. The Balaban J connectivity index is 1.90. The van der Waals surface area contributed by atoms with Crippen molar-refractivity contribution in [3.05, 3.63) is 49.1 Å². The normalized spacial score (nSPS) is 15.2. The number of sulfonamides is 1. The van der Waals surface area contributed by atoms with Crippen molar-refractivity contribution in [1.82, 2.24) is 18.7 Å². The van der Waals surface area contributed by atoms with Crippen LogP contribution in [0.2, 0.25) is 0 Å². The van der Waals surface area contributed by atoms with Crippen LogP contribution in [0.25, 0.3) is 11.2 Å². The van der Waals surface area contributed by atoms with Gasteiger partial charge < -0.3 is 5.32 Å². The number of primary sulfonamides is 1. The van der Waals surface area contributed by atoms with E-state index in [1.54, 1.807) is 23.6 Å². The van der Waals surface area contributed by atoms with Gasteiger partial charge in [0, 0.05) is 23.6 Å². The van der Waals surface area contributed by atoms with E-state index in [0.29, 0.717) is 28.1 Å². The lowest BCUT2D eigenvalue weighted by atomic mass is 9.96. The number of imidazole rings is 1. The van der Waals surface area contributed by atoms with E-state index in [1.165, 1.54) is 21.6 Å². The zero-order valence-electron chi connectivity index (χ0n) is 19.3. The van der Waals surface area contributed by atoms with Gasteiger partial charge in [-0.15, -0.1) is 0 Å². The number of hydrogen-bond acceptors (Lipinski definition) is 6. The molecule has 0 radical (unpaired) electrons. The van der Waals surface area contributed by atoms with Crippen molar-refractivity contribution in [3.63, 3.8) is 0 Å². The molecule has 0 saturated heterocycles. The fraction of sp³-hybridized carbons (Fsp3) is 0.500. The highest BCUT2D eigenvalue weighted by molar-refractivity contribution is 9.10. The molecule has 1 aromatic carbocycles. The minimum Gasteiger partial charge on any atom is -0.353 e. The predicted molar refractivity (Wildman–Crippen MR) is 135 cm³/mol. The molecule has 0 unspecified atom stereocenters. The molecule has 0 spiro atoms. The molecule has 1 aliphatic carbocycles. The van der Waals surface area contributed by atoms with Crippen LogP contribution in [0.4, 0.5) is 5.95 Å². The molecule has 1 saturated carbocycles. The van der Waals surface area contributed by atoms with Gasteiger partial charge in [0.1, 0.15) is 0 Å². The molecule has 34 heavy (non-hydrogen) atoms. The number of anilines is 1. The Kier molecular flexibility index (Phi) is 7.02. The van der Waals surface area contributed by atoms with Gasteiger partial charge in [-0.2, -0.15) is 4.98 Å². The van der Waals surface area contributed by atoms with Gasteiger partial charge in [-0.3, -0.25) is 18.5 Å². The van der Waals surface area contributed by atoms with E-state index in [1.807, 2.05) is 6.92 Å². The molecule has 3 N–H and O–H groups in total. The van der Waals surface area contributed by atoms with Crippen LogP contribution in [0.5, 0.6) is 0 Å². The second-order valence-corrected chi connectivity index (χ2v) is 10.9. The number of benzene rings is 1. The van der Waals surface area contributed by atoms with Gasteiger partial charge >= 0.3 is 5.69 Å². The number of nitrogens with two attached hydrogens (primary N) is 1. The third-order valence-corrected chi connectivity index (χ3v) is 8.22. The number of nitrogens with zero attached hydrogens (tertiary/aromatic N) is 4. The zero-order chi connectivity index (χ0) is 24.6. The first-order valence-electron chi connectivity index (χ1n) is 11.5. The summed E-state index contributed by atoms with van der Waals surface area (Å²) < 4.78 is 28.5. The summed E-state index contributed by atoms with van der Waals surface area (Å²) in [4.78, 5) is 31.0. The second-order valence-electron chi connectivity index (χ2n) is 8.56. The Morgan fingerprint density at radius 1 is 1.09 bits per heavy atom. The van der Waals surface area contributed by atoms with E-state index < -0.39 is 15.6 Å². The van der Waals surface area contributed by atoms with E-state index in [4.69, 9.17) is 10.1 Å². The topological polar surface area (TPSA) is 134 Å². The molecule has 4 rings (SSSR count). The molecule has 184 valence electrons. The highest BCUT2D eigenvalue weighted by Crippen LogP contribution is 2.26. The van der Waals surface area contributed by atoms with Crippen LogP contribution in [0.1, 0.15) is 51.5 Å². The summed E-state index contributed by atoms with van der Waals surface area (Å²) in [6, 6.07) is 5.00. The first-order chi connectivity index (χ1) is 16.2. The second kappa shape index (κ2) is 9.67. The van der Waals surface area contributed by atoms with Gasteiger partial charge in [0.15, 0.2) is 11.2 Å². The summed E-state index contributed by atoms with van der Waals surface area (Å²) in [5.41, 5.74) is 0.671. The first kappa shape index (κ1) is 24.7. The smallest absolute Gasteiger partial charge is 0.332 e. The Hall–Kier alpha value is -2.44. The summed E-state index contributed by atoms with van der Waals surface area (Å²) >= 11 is 3.29. The molecule has 1 aliphatic rings. The number of aromatic nitrogens is 4. The lowest BCUT2D eigenvalue weighted by molar-refractivity contribution is 0.459. The SMILES string of the molecule is CCn1c(=O)c2c(nc(NC3CCCCC3)n2Cc2ccc(S(N)(=O)=O)c(Br)c2)n(CC)c1=O. The molecule has 2 aromatic heterocycles. The van der Waals surface area contributed by atoms with Crippen LogP contribution in [0.15, 0.2) is 37.2 Å². The molecule has 2 heterocycles. The Morgan fingerprint density at radius 3 is 2.35 bits per heavy atom. The van der Waals surface area contributed by atoms with Crippen molar-refractivity contribution in [2.45, 2.75) is 76.5 Å². The Morgan fingerprint density at radius 2 is 1.76 bits per heavy atom. The molecule has 0 aliphatic heterocycles. The molecule has 0 atom stereocenters. The summed E-state index contributed by atoms with van der Waals surface area (Å²) in [7, 11) is -3.87. The van der Waals surface area contributed by atoms with Crippen LogP contribution < -0.4 is 21.7 Å². The standard InChI is InChI=1S/C22H29BrN6O4S/c1-3-27-19-18(20(30)28(4-2)22(27)31)29(21(26-19)25-15-8-6-5-7-9-15)13-14-10-11-17(16(23)12-14)34(24,32)33/h10-12,15H,3-9,13H2,1-2H3,(H,25,26)(H2,24,32,33). The predicted octanol–water partition coefficient (Wildman–Crippen LogP) is 2.60. The van der Waals surface area contributed by atoms with Crippen molar-refractivity contribution in [1.29, 1.82) is 0 Å². The molecule has 10 nitrogen and oxygen atoms in total. The Bertz CT molecular complexity index is 1450. The molecule has 0 bridgehead atoms. The maximum atomic E-state index is 13.4. The summed E-state index contributed by atoms with van der Waals surface area (Å²) in [5.74, 6) is 0.529. The lowest BCUT2D eigenvalue weighted by Gasteiger charge is -2.23. The van der Waals surface area contributed by atoms with Crippen molar-refractivity contribution >= 4 is 43.1 Å². The van der Waals surface area contributed by atoms with Crippen LogP contribution in [-0.4, -0.2) is 33.1 Å². The van der Waals surface area contributed by atoms with Gasteiger partial charge in [-0.25, -0.2) is 18.4 Å². The summed E-state index contributed by atoms with van der Waals surface area (Å²) in [6.45, 7) is 4.50. The minimum absolute atomic E-state index is 0.0135. The molecule has 1 fully saturated rings. The third kappa shape index (κ3) is 4.58. The van der Waals surface area contributed by atoms with Crippen LogP contribution in [0, 0.1) is 0 Å². The maximum absolute atomic E-state index is 13.4. The monoisotopic (exact) mass is 552 g/mol. The van der Waals surface area contributed by atoms with E-state index >= 15 is 0 Å². The lowest BCUT2D eigenvalue weighted by Crippen LogP contribution is -2.40. The fourth-order valence-corrected chi connectivity index (χ4v) is 6.30. The van der Waals surface area contributed by atoms with Crippen LogP contribution >= 0.6 is 15.9 Å². The van der Waals surface area contributed by atoms with E-state index in [2.05, 4.69) is 21.2 Å². The van der Waals surface area contributed by atoms with Crippen LogP contribution in [-0.2, 0) is 29.7 Å². The van der Waals surface area contributed by atoms with Crippen molar-refractivity contribution in [2.24, 2.45) is 5.14 Å². The van der Waals surface area contributed by atoms with Gasteiger partial charge in [0.25, 0.3) is 5.56 Å². The van der Waals surface area contributed by atoms with Crippen LogP contribution in [0.3, 0.4) is 0 Å². The number of fused-ring (bicyclic) bond motifs is 1. The van der Waals surface area contributed by atoms with Gasteiger partial charge in [0.05, 0.1) is 11.4 Å². The number of rotatable bonds is 7. The highest BCUT2D eigenvalue weighted by atomic mass is 79.9. The maximum Gasteiger partial charge on any atom is 0.332 e. The first-order valence-corrected chi connectivity index (χ1v) is 13.8. The van der Waals surface area contributed by atoms with E-state index in [-0.39, 0.29) is 29.7 Å². The van der Waals surface area contributed by atoms with Crippen molar-refractivity contribution in [3.8, 4) is 0 Å². The minimum atomic E-state index is -3.87. The third-order valence-electron chi connectivity index (χ3n) is 6.33. The largest absolute Gasteiger partial charge is 0.353 e. The molecule has 0 amide bonds. The summed E-state index contributed by atoms with van der Waals surface area (Å²) in [5, 5.41) is 8.79. The number of aryl methyl sites for hydroxylation is 1. The Labute approximate surface area is 206 Å². The zero-order valence-corrected chi connectivity index (χ0v) is 21.7. The van der Waals surface area contributed by atoms with E-state index in [9.17, 15) is 18.0 Å². The number of halogens is 1. The highest BCUT2D eigenvalue weighted by Gasteiger charge is 2.23.